The molecule has 0 spiro atoms. The Bertz CT molecular complexity index is 372. The Hall–Kier alpha value is -0.870. The van der Waals surface area contributed by atoms with Gasteiger partial charge in [0, 0.05) is 12.2 Å². The van der Waals surface area contributed by atoms with Crippen molar-refractivity contribution in [2.24, 2.45) is 11.7 Å². The lowest BCUT2D eigenvalue weighted by atomic mass is 9.97. The van der Waals surface area contributed by atoms with E-state index in [1.54, 1.807) is 0 Å². The van der Waals surface area contributed by atoms with Crippen molar-refractivity contribution in [3.8, 4) is 0 Å². The fourth-order valence-electron chi connectivity index (χ4n) is 3.12. The van der Waals surface area contributed by atoms with E-state index in [-0.39, 0.29) is 0 Å². The van der Waals surface area contributed by atoms with Gasteiger partial charge in [-0.25, -0.2) is 4.98 Å². The number of hydrogen-bond donors (Lipinski definition) is 1. The highest BCUT2D eigenvalue weighted by atomic mass is 15.2. The molecular formula is C14H26N4. The van der Waals surface area contributed by atoms with Crippen molar-refractivity contribution in [1.82, 2.24) is 14.5 Å². The molecule has 18 heavy (non-hydrogen) atoms. The minimum absolute atomic E-state index is 0.458. The van der Waals surface area contributed by atoms with Crippen molar-refractivity contribution < 1.29 is 0 Å². The maximum absolute atomic E-state index is 5.96. The average Bonchev–Trinajstić information content (AvgIpc) is 2.94. The number of imidazole rings is 1. The van der Waals surface area contributed by atoms with E-state index >= 15 is 0 Å². The monoisotopic (exact) mass is 250 g/mol. The second-order valence-electron chi connectivity index (χ2n) is 5.58. The smallest absolute Gasteiger partial charge is 0.0951 e. The quantitative estimate of drug-likeness (QED) is 0.871. The largest absolute Gasteiger partial charge is 0.331 e. The van der Waals surface area contributed by atoms with E-state index in [9.17, 15) is 0 Å². The minimum Gasteiger partial charge on any atom is -0.331 e. The lowest BCUT2D eigenvalue weighted by Crippen LogP contribution is -2.30. The highest BCUT2D eigenvalue weighted by Crippen LogP contribution is 2.37. The van der Waals surface area contributed by atoms with E-state index in [0.29, 0.717) is 18.0 Å². The first-order valence-corrected chi connectivity index (χ1v) is 7.14. The van der Waals surface area contributed by atoms with E-state index in [1.165, 1.54) is 25.1 Å². The van der Waals surface area contributed by atoms with Crippen LogP contribution in [-0.2, 0) is 0 Å². The first-order chi connectivity index (χ1) is 8.69. The highest BCUT2D eigenvalue weighted by molar-refractivity contribution is 5.11. The summed E-state index contributed by atoms with van der Waals surface area (Å²) in [6.07, 6.45) is 6.39. The fraction of sp³-hybridized carbons (Fsp3) is 0.786. The first kappa shape index (κ1) is 13.6. The molecule has 4 nitrogen and oxygen atoms in total. The molecule has 1 aromatic heterocycles. The molecule has 1 saturated heterocycles. The molecule has 1 aliphatic heterocycles. The van der Waals surface area contributed by atoms with Crippen molar-refractivity contribution >= 4 is 0 Å². The maximum Gasteiger partial charge on any atom is 0.0951 e. The number of rotatable bonds is 5. The number of nitrogens with zero attached hydrogens (tertiary/aromatic N) is 3. The van der Waals surface area contributed by atoms with Gasteiger partial charge in [-0.3, -0.25) is 4.90 Å². The summed E-state index contributed by atoms with van der Waals surface area (Å²) in [7, 11) is 0. The summed E-state index contributed by atoms with van der Waals surface area (Å²) < 4.78 is 2.29. The summed E-state index contributed by atoms with van der Waals surface area (Å²) in [6, 6.07) is 0.921. The SMILES string of the molecule is CCCN1CCC(CN)C1c1cncn1C(C)C. The third-order valence-corrected chi connectivity index (χ3v) is 4.00. The van der Waals surface area contributed by atoms with Gasteiger partial charge in [0.2, 0.25) is 0 Å². The number of hydrogen-bond acceptors (Lipinski definition) is 3. The standard InChI is InChI=1S/C14H26N4/c1-4-6-17-7-5-12(8-15)14(17)13-9-16-10-18(13)11(2)3/h9-12,14H,4-8,15H2,1-3H3. The van der Waals surface area contributed by atoms with Gasteiger partial charge in [0.1, 0.15) is 0 Å². The van der Waals surface area contributed by atoms with Crippen LogP contribution < -0.4 is 5.73 Å². The van der Waals surface area contributed by atoms with Crippen LogP contribution in [0.1, 0.15) is 51.4 Å². The normalized spacial score (nSPS) is 25.2. The van der Waals surface area contributed by atoms with Gasteiger partial charge in [-0.05, 0) is 52.2 Å². The van der Waals surface area contributed by atoms with Gasteiger partial charge in [0.15, 0.2) is 0 Å². The summed E-state index contributed by atoms with van der Waals surface area (Å²) in [6.45, 7) is 9.76. The molecule has 0 amide bonds. The first-order valence-electron chi connectivity index (χ1n) is 7.14. The van der Waals surface area contributed by atoms with Crippen molar-refractivity contribution in [2.75, 3.05) is 19.6 Å². The van der Waals surface area contributed by atoms with Crippen LogP contribution in [-0.4, -0.2) is 34.1 Å². The third kappa shape index (κ3) is 2.45. The van der Waals surface area contributed by atoms with Crippen LogP contribution in [0, 0.1) is 5.92 Å². The molecule has 2 atom stereocenters. The van der Waals surface area contributed by atoms with E-state index in [2.05, 4.69) is 35.2 Å². The van der Waals surface area contributed by atoms with Gasteiger partial charge >= 0.3 is 0 Å². The molecule has 0 saturated carbocycles. The second kappa shape index (κ2) is 5.85. The predicted molar refractivity (Wildman–Crippen MR) is 74.4 cm³/mol. The molecule has 102 valence electrons. The Morgan fingerprint density at radius 3 is 2.89 bits per heavy atom. The Balaban J connectivity index is 2.28. The lowest BCUT2D eigenvalue weighted by Gasteiger charge is -2.29. The van der Waals surface area contributed by atoms with Crippen LogP contribution >= 0.6 is 0 Å². The van der Waals surface area contributed by atoms with Crippen LogP contribution in [0.2, 0.25) is 0 Å². The van der Waals surface area contributed by atoms with Crippen molar-refractivity contribution in [2.45, 2.75) is 45.7 Å². The topological polar surface area (TPSA) is 47.1 Å². The zero-order chi connectivity index (χ0) is 13.1. The van der Waals surface area contributed by atoms with E-state index in [1.807, 2.05) is 12.5 Å². The molecule has 1 aromatic rings. The van der Waals surface area contributed by atoms with Crippen molar-refractivity contribution in [3.05, 3.63) is 18.2 Å². The number of likely N-dealkylation sites (tertiary alicyclic amines) is 1. The molecule has 1 fully saturated rings. The summed E-state index contributed by atoms with van der Waals surface area (Å²) in [5, 5.41) is 0. The molecule has 2 N–H and O–H groups in total. The summed E-state index contributed by atoms with van der Waals surface area (Å²) in [5.74, 6) is 0.575. The zero-order valence-electron chi connectivity index (χ0n) is 11.8. The molecule has 2 heterocycles. The second-order valence-corrected chi connectivity index (χ2v) is 5.58. The fourth-order valence-corrected chi connectivity index (χ4v) is 3.12. The molecule has 2 unspecified atom stereocenters. The summed E-state index contributed by atoms with van der Waals surface area (Å²) in [4.78, 5) is 6.92. The van der Waals surface area contributed by atoms with E-state index < -0.39 is 0 Å². The number of nitrogens with two attached hydrogens (primary N) is 1. The molecule has 0 aromatic carbocycles. The zero-order valence-corrected chi connectivity index (χ0v) is 11.8. The summed E-state index contributed by atoms with van der Waals surface area (Å²) in [5.41, 5.74) is 7.30. The van der Waals surface area contributed by atoms with E-state index in [4.69, 9.17) is 5.73 Å². The molecular weight excluding hydrogens is 224 g/mol. The third-order valence-electron chi connectivity index (χ3n) is 4.00. The predicted octanol–water partition coefficient (Wildman–Crippen LogP) is 2.20. The Kier molecular flexibility index (Phi) is 4.40. The van der Waals surface area contributed by atoms with Crippen LogP contribution in [0.4, 0.5) is 0 Å². The highest BCUT2D eigenvalue weighted by Gasteiger charge is 2.35. The Labute approximate surface area is 110 Å². The molecule has 0 aliphatic carbocycles. The Morgan fingerprint density at radius 1 is 1.50 bits per heavy atom. The Morgan fingerprint density at radius 2 is 2.28 bits per heavy atom. The van der Waals surface area contributed by atoms with Gasteiger partial charge in [-0.1, -0.05) is 6.92 Å². The minimum atomic E-state index is 0.458. The van der Waals surface area contributed by atoms with Crippen LogP contribution in [0.25, 0.3) is 0 Å². The summed E-state index contributed by atoms with van der Waals surface area (Å²) >= 11 is 0. The van der Waals surface area contributed by atoms with E-state index in [0.717, 1.165) is 13.1 Å². The van der Waals surface area contributed by atoms with Gasteiger partial charge in [0.05, 0.1) is 18.1 Å². The lowest BCUT2D eigenvalue weighted by molar-refractivity contribution is 0.219. The average molecular weight is 250 g/mol. The van der Waals surface area contributed by atoms with Gasteiger partial charge < -0.3 is 10.3 Å². The molecule has 0 bridgehead atoms. The van der Waals surface area contributed by atoms with Gasteiger partial charge in [-0.15, -0.1) is 0 Å². The van der Waals surface area contributed by atoms with Gasteiger partial charge in [-0.2, -0.15) is 0 Å². The van der Waals surface area contributed by atoms with Gasteiger partial charge in [0.25, 0.3) is 0 Å². The van der Waals surface area contributed by atoms with Crippen molar-refractivity contribution in [3.63, 3.8) is 0 Å². The maximum atomic E-state index is 5.96. The van der Waals surface area contributed by atoms with Crippen LogP contribution in [0.15, 0.2) is 12.5 Å². The van der Waals surface area contributed by atoms with Crippen LogP contribution in [0.5, 0.6) is 0 Å². The number of aromatic nitrogens is 2. The molecule has 0 radical (unpaired) electrons. The van der Waals surface area contributed by atoms with Crippen molar-refractivity contribution in [1.29, 1.82) is 0 Å². The van der Waals surface area contributed by atoms with Crippen LogP contribution in [0.3, 0.4) is 0 Å². The molecule has 1 aliphatic rings. The molecule has 2 rings (SSSR count). The molecule has 4 heteroatoms.